The maximum atomic E-state index is 12.4. The molecule has 1 aromatic rings. The van der Waals surface area contributed by atoms with Crippen LogP contribution >= 0.6 is 0 Å². The molecule has 0 bridgehead atoms. The molecule has 120 valence electrons. The second-order valence-corrected chi connectivity index (χ2v) is 7.34. The SMILES string of the molecule is O=C(CC1CCCC1)N1CCC(n2cnnc2C2CC2)CC1. The standard InChI is InChI=1S/C17H26N4O/c22-16(11-13-3-1-2-4-13)20-9-7-15(8-10-20)21-12-18-19-17(21)14-5-6-14/h12-15H,1-11H2. The monoisotopic (exact) mass is 302 g/mol. The second kappa shape index (κ2) is 6.01. The Kier molecular flexibility index (Phi) is 3.89. The van der Waals surface area contributed by atoms with Gasteiger partial charge in [-0.1, -0.05) is 12.8 Å². The molecule has 0 atom stereocenters. The third-order valence-corrected chi connectivity index (χ3v) is 5.69. The first kappa shape index (κ1) is 14.2. The Morgan fingerprint density at radius 3 is 2.50 bits per heavy atom. The van der Waals surface area contributed by atoms with Gasteiger partial charge < -0.3 is 9.47 Å². The number of hydrogen-bond acceptors (Lipinski definition) is 3. The molecule has 0 unspecified atom stereocenters. The first-order chi connectivity index (χ1) is 10.8. The zero-order valence-corrected chi connectivity index (χ0v) is 13.3. The van der Waals surface area contributed by atoms with Gasteiger partial charge in [0.25, 0.3) is 0 Å². The molecule has 0 spiro atoms. The lowest BCUT2D eigenvalue weighted by atomic mass is 10.0. The van der Waals surface area contributed by atoms with Crippen LogP contribution in [0.25, 0.3) is 0 Å². The maximum Gasteiger partial charge on any atom is 0.222 e. The normalized spacial score (nSPS) is 24.1. The summed E-state index contributed by atoms with van der Waals surface area (Å²) in [4.78, 5) is 14.5. The molecule has 2 aliphatic carbocycles. The number of nitrogens with zero attached hydrogens (tertiary/aromatic N) is 4. The van der Waals surface area contributed by atoms with Crippen LogP contribution in [0.3, 0.4) is 0 Å². The van der Waals surface area contributed by atoms with Crippen LogP contribution in [0.15, 0.2) is 6.33 Å². The minimum atomic E-state index is 0.386. The Balaban J connectivity index is 1.32. The van der Waals surface area contributed by atoms with E-state index in [0.29, 0.717) is 23.8 Å². The highest BCUT2D eigenvalue weighted by Crippen LogP contribution is 2.40. The Morgan fingerprint density at radius 2 is 1.82 bits per heavy atom. The van der Waals surface area contributed by atoms with E-state index in [2.05, 4.69) is 19.7 Å². The van der Waals surface area contributed by atoms with E-state index in [4.69, 9.17) is 0 Å². The second-order valence-electron chi connectivity index (χ2n) is 7.34. The molecular weight excluding hydrogens is 276 g/mol. The first-order valence-electron chi connectivity index (χ1n) is 8.98. The molecular formula is C17H26N4O. The van der Waals surface area contributed by atoms with E-state index in [9.17, 15) is 4.79 Å². The minimum Gasteiger partial charge on any atom is -0.343 e. The van der Waals surface area contributed by atoms with E-state index in [-0.39, 0.29) is 0 Å². The number of rotatable bonds is 4. The van der Waals surface area contributed by atoms with Crippen LogP contribution in [-0.4, -0.2) is 38.7 Å². The van der Waals surface area contributed by atoms with Crippen molar-refractivity contribution in [3.05, 3.63) is 12.2 Å². The van der Waals surface area contributed by atoms with Crippen LogP contribution in [-0.2, 0) is 4.79 Å². The lowest BCUT2D eigenvalue weighted by Gasteiger charge is -2.33. The van der Waals surface area contributed by atoms with Crippen molar-refractivity contribution in [1.82, 2.24) is 19.7 Å². The Labute approximate surface area is 132 Å². The highest BCUT2D eigenvalue weighted by molar-refractivity contribution is 5.76. The van der Waals surface area contributed by atoms with Crippen molar-refractivity contribution in [1.29, 1.82) is 0 Å². The molecule has 2 heterocycles. The van der Waals surface area contributed by atoms with Crippen LogP contribution in [0.5, 0.6) is 0 Å². The van der Waals surface area contributed by atoms with Gasteiger partial charge in [-0.05, 0) is 44.4 Å². The van der Waals surface area contributed by atoms with Crippen molar-refractivity contribution < 1.29 is 4.79 Å². The third-order valence-electron chi connectivity index (χ3n) is 5.69. The van der Waals surface area contributed by atoms with Crippen molar-refractivity contribution >= 4 is 5.91 Å². The van der Waals surface area contributed by atoms with Crippen LogP contribution in [0, 0.1) is 5.92 Å². The van der Waals surface area contributed by atoms with E-state index >= 15 is 0 Å². The number of aromatic nitrogens is 3. The lowest BCUT2D eigenvalue weighted by Crippen LogP contribution is -2.39. The quantitative estimate of drug-likeness (QED) is 0.859. The van der Waals surface area contributed by atoms with Gasteiger partial charge in [-0.15, -0.1) is 10.2 Å². The van der Waals surface area contributed by atoms with Gasteiger partial charge in [0, 0.05) is 31.5 Å². The van der Waals surface area contributed by atoms with Crippen LogP contribution in [0.2, 0.25) is 0 Å². The third kappa shape index (κ3) is 2.90. The van der Waals surface area contributed by atoms with E-state index in [0.717, 1.165) is 32.4 Å². The number of hydrogen-bond donors (Lipinski definition) is 0. The van der Waals surface area contributed by atoms with Crippen molar-refractivity contribution in [2.75, 3.05) is 13.1 Å². The van der Waals surface area contributed by atoms with E-state index in [1.807, 2.05) is 6.33 Å². The van der Waals surface area contributed by atoms with Gasteiger partial charge in [0.1, 0.15) is 12.2 Å². The smallest absolute Gasteiger partial charge is 0.222 e. The summed E-state index contributed by atoms with van der Waals surface area (Å²) in [5.74, 6) is 2.86. The fourth-order valence-corrected chi connectivity index (χ4v) is 4.15. The van der Waals surface area contributed by atoms with Crippen molar-refractivity contribution in [3.8, 4) is 0 Å². The van der Waals surface area contributed by atoms with Gasteiger partial charge in [0.15, 0.2) is 0 Å². The van der Waals surface area contributed by atoms with Crippen LogP contribution < -0.4 is 0 Å². The molecule has 0 radical (unpaired) electrons. The molecule has 3 fully saturated rings. The van der Waals surface area contributed by atoms with Gasteiger partial charge >= 0.3 is 0 Å². The average molecular weight is 302 g/mol. The van der Waals surface area contributed by atoms with Crippen LogP contribution in [0.4, 0.5) is 0 Å². The zero-order chi connectivity index (χ0) is 14.9. The number of likely N-dealkylation sites (tertiary alicyclic amines) is 1. The summed E-state index contributed by atoms with van der Waals surface area (Å²) in [6.45, 7) is 1.80. The van der Waals surface area contributed by atoms with Gasteiger partial charge in [0.05, 0.1) is 0 Å². The molecule has 5 nitrogen and oxygen atoms in total. The fourth-order valence-electron chi connectivity index (χ4n) is 4.15. The van der Waals surface area contributed by atoms with Gasteiger partial charge in [-0.25, -0.2) is 0 Å². The molecule has 0 N–H and O–H groups in total. The zero-order valence-electron chi connectivity index (χ0n) is 13.3. The molecule has 3 aliphatic rings. The average Bonchev–Trinajstić information content (AvgIpc) is 3.06. The summed E-state index contributed by atoms with van der Waals surface area (Å²) >= 11 is 0. The molecule has 22 heavy (non-hydrogen) atoms. The molecule has 4 rings (SSSR count). The molecule has 5 heteroatoms. The number of carbonyl (C=O) groups excluding carboxylic acids is 1. The van der Waals surface area contributed by atoms with E-state index < -0.39 is 0 Å². The van der Waals surface area contributed by atoms with E-state index in [1.54, 1.807) is 0 Å². The van der Waals surface area contributed by atoms with Crippen molar-refractivity contribution in [3.63, 3.8) is 0 Å². The van der Waals surface area contributed by atoms with Crippen LogP contribution in [0.1, 0.15) is 75.6 Å². The number of piperidine rings is 1. The summed E-state index contributed by atoms with van der Waals surface area (Å²) in [6.07, 6.45) is 12.5. The molecule has 1 aliphatic heterocycles. The van der Waals surface area contributed by atoms with Gasteiger partial charge in [-0.2, -0.15) is 0 Å². The minimum absolute atomic E-state index is 0.386. The predicted octanol–water partition coefficient (Wildman–Crippen LogP) is 2.90. The summed E-state index contributed by atoms with van der Waals surface area (Å²) in [7, 11) is 0. The molecule has 1 aromatic heterocycles. The molecule has 2 saturated carbocycles. The Morgan fingerprint density at radius 1 is 1.09 bits per heavy atom. The molecule has 0 aromatic carbocycles. The first-order valence-corrected chi connectivity index (χ1v) is 8.98. The Hall–Kier alpha value is -1.39. The lowest BCUT2D eigenvalue weighted by molar-refractivity contribution is -0.133. The molecule has 1 amide bonds. The van der Waals surface area contributed by atoms with Crippen molar-refractivity contribution in [2.24, 2.45) is 5.92 Å². The largest absolute Gasteiger partial charge is 0.343 e. The molecule has 1 saturated heterocycles. The fraction of sp³-hybridized carbons (Fsp3) is 0.824. The van der Waals surface area contributed by atoms with Gasteiger partial charge in [0.2, 0.25) is 5.91 Å². The van der Waals surface area contributed by atoms with E-state index in [1.165, 1.54) is 44.3 Å². The predicted molar refractivity (Wildman–Crippen MR) is 83.4 cm³/mol. The summed E-state index contributed by atoms with van der Waals surface area (Å²) in [6, 6.07) is 0.487. The summed E-state index contributed by atoms with van der Waals surface area (Å²) < 4.78 is 2.29. The highest BCUT2D eigenvalue weighted by atomic mass is 16.2. The topological polar surface area (TPSA) is 51.0 Å². The summed E-state index contributed by atoms with van der Waals surface area (Å²) in [5.41, 5.74) is 0. The van der Waals surface area contributed by atoms with Crippen molar-refractivity contribution in [2.45, 2.75) is 69.7 Å². The van der Waals surface area contributed by atoms with Gasteiger partial charge in [-0.3, -0.25) is 4.79 Å². The highest BCUT2D eigenvalue weighted by Gasteiger charge is 2.32. The Bertz CT molecular complexity index is 523. The maximum absolute atomic E-state index is 12.4. The number of amides is 1. The summed E-state index contributed by atoms with van der Waals surface area (Å²) in [5, 5.41) is 8.42. The number of carbonyl (C=O) groups is 1.